The minimum absolute atomic E-state index is 0.372. The van der Waals surface area contributed by atoms with Crippen LogP contribution in [0.25, 0.3) is 0 Å². The van der Waals surface area contributed by atoms with Crippen molar-refractivity contribution in [2.24, 2.45) is 0 Å². The highest BCUT2D eigenvalue weighted by atomic mass is 32.1. The SMILES string of the molecule is CCOCNC(=S)NC(C)C. The second kappa shape index (κ2) is 6.37. The number of ether oxygens (including phenoxy) is 1. The van der Waals surface area contributed by atoms with Gasteiger partial charge in [0.05, 0.1) is 0 Å². The van der Waals surface area contributed by atoms with Crippen LogP contribution in [0.3, 0.4) is 0 Å². The van der Waals surface area contributed by atoms with E-state index in [9.17, 15) is 0 Å². The lowest BCUT2D eigenvalue weighted by atomic mass is 10.4. The standard InChI is InChI=1S/C7H16N2OS/c1-4-10-5-8-7(11)9-6(2)3/h6H,4-5H2,1-3H3,(H2,8,9,11). The van der Waals surface area contributed by atoms with Crippen molar-refractivity contribution in [3.05, 3.63) is 0 Å². The molecule has 0 amide bonds. The van der Waals surface area contributed by atoms with E-state index in [-0.39, 0.29) is 0 Å². The van der Waals surface area contributed by atoms with Crippen molar-refractivity contribution >= 4 is 17.3 Å². The van der Waals surface area contributed by atoms with E-state index in [4.69, 9.17) is 17.0 Å². The molecule has 0 bridgehead atoms. The first-order valence-electron chi connectivity index (χ1n) is 3.79. The van der Waals surface area contributed by atoms with Gasteiger partial charge >= 0.3 is 0 Å². The summed E-state index contributed by atoms with van der Waals surface area (Å²) in [6.45, 7) is 7.20. The van der Waals surface area contributed by atoms with Crippen LogP contribution in [-0.2, 0) is 4.74 Å². The fourth-order valence-corrected chi connectivity index (χ4v) is 0.826. The van der Waals surface area contributed by atoms with Crippen molar-refractivity contribution in [2.45, 2.75) is 26.8 Å². The molecule has 0 saturated carbocycles. The third-order valence-corrected chi connectivity index (χ3v) is 1.22. The van der Waals surface area contributed by atoms with Crippen LogP contribution in [0.15, 0.2) is 0 Å². The molecule has 0 radical (unpaired) electrons. The van der Waals surface area contributed by atoms with E-state index in [1.165, 1.54) is 0 Å². The molecule has 0 aromatic carbocycles. The van der Waals surface area contributed by atoms with E-state index >= 15 is 0 Å². The largest absolute Gasteiger partial charge is 0.362 e. The Kier molecular flexibility index (Phi) is 6.16. The lowest BCUT2D eigenvalue weighted by molar-refractivity contribution is 0.142. The fourth-order valence-electron chi connectivity index (χ4n) is 0.532. The Morgan fingerprint density at radius 1 is 1.55 bits per heavy atom. The predicted octanol–water partition coefficient (Wildman–Crippen LogP) is 0.853. The summed E-state index contributed by atoms with van der Waals surface area (Å²) in [6.07, 6.45) is 0. The number of rotatable bonds is 4. The van der Waals surface area contributed by atoms with E-state index < -0.39 is 0 Å². The van der Waals surface area contributed by atoms with Gasteiger partial charge in [0.15, 0.2) is 5.11 Å². The van der Waals surface area contributed by atoms with Gasteiger partial charge in [-0.05, 0) is 33.0 Å². The molecular formula is C7H16N2OS. The van der Waals surface area contributed by atoms with Crippen LogP contribution in [-0.4, -0.2) is 24.5 Å². The quantitative estimate of drug-likeness (QED) is 0.378. The van der Waals surface area contributed by atoms with Crippen molar-refractivity contribution < 1.29 is 4.74 Å². The van der Waals surface area contributed by atoms with Crippen LogP contribution < -0.4 is 10.6 Å². The Hall–Kier alpha value is -0.350. The zero-order valence-electron chi connectivity index (χ0n) is 7.31. The molecule has 0 unspecified atom stereocenters. The van der Waals surface area contributed by atoms with Gasteiger partial charge in [0, 0.05) is 12.6 Å². The highest BCUT2D eigenvalue weighted by Gasteiger charge is 1.95. The van der Waals surface area contributed by atoms with Crippen molar-refractivity contribution in [2.75, 3.05) is 13.3 Å². The maximum absolute atomic E-state index is 5.05. The summed E-state index contributed by atoms with van der Waals surface area (Å²) in [5.74, 6) is 0. The van der Waals surface area contributed by atoms with Gasteiger partial charge in [0.1, 0.15) is 6.73 Å². The second-order valence-corrected chi connectivity index (χ2v) is 2.85. The Bertz CT molecular complexity index is 117. The monoisotopic (exact) mass is 176 g/mol. The van der Waals surface area contributed by atoms with Crippen molar-refractivity contribution in [3.8, 4) is 0 Å². The minimum Gasteiger partial charge on any atom is -0.362 e. The molecule has 0 aromatic rings. The summed E-state index contributed by atoms with van der Waals surface area (Å²) in [7, 11) is 0. The first-order chi connectivity index (χ1) is 5.16. The van der Waals surface area contributed by atoms with Crippen molar-refractivity contribution in [3.63, 3.8) is 0 Å². The second-order valence-electron chi connectivity index (χ2n) is 2.44. The molecule has 0 aromatic heterocycles. The zero-order chi connectivity index (χ0) is 8.69. The summed E-state index contributed by atoms with van der Waals surface area (Å²) in [5.41, 5.74) is 0. The smallest absolute Gasteiger partial charge is 0.168 e. The van der Waals surface area contributed by atoms with Crippen LogP contribution in [0.2, 0.25) is 0 Å². The topological polar surface area (TPSA) is 33.3 Å². The van der Waals surface area contributed by atoms with Gasteiger partial charge < -0.3 is 15.4 Å². The summed E-state index contributed by atoms with van der Waals surface area (Å²) in [4.78, 5) is 0. The maximum Gasteiger partial charge on any atom is 0.168 e. The van der Waals surface area contributed by atoms with E-state index in [0.29, 0.717) is 24.5 Å². The molecule has 3 nitrogen and oxygen atoms in total. The van der Waals surface area contributed by atoms with Gasteiger partial charge in [0.2, 0.25) is 0 Å². The van der Waals surface area contributed by atoms with E-state index in [2.05, 4.69) is 10.6 Å². The number of hydrogen-bond acceptors (Lipinski definition) is 2. The molecular weight excluding hydrogens is 160 g/mol. The number of thiocarbonyl (C=S) groups is 1. The first kappa shape index (κ1) is 10.7. The molecule has 0 saturated heterocycles. The summed E-state index contributed by atoms with van der Waals surface area (Å²) >= 11 is 4.94. The summed E-state index contributed by atoms with van der Waals surface area (Å²) < 4.78 is 5.05. The first-order valence-corrected chi connectivity index (χ1v) is 4.19. The van der Waals surface area contributed by atoms with Gasteiger partial charge in [-0.2, -0.15) is 0 Å². The van der Waals surface area contributed by atoms with Crippen LogP contribution >= 0.6 is 12.2 Å². The molecule has 4 heteroatoms. The molecule has 0 heterocycles. The average Bonchev–Trinajstić information content (AvgIpc) is 1.86. The molecule has 0 spiro atoms. The molecule has 2 N–H and O–H groups in total. The molecule has 66 valence electrons. The minimum atomic E-state index is 0.372. The highest BCUT2D eigenvalue weighted by molar-refractivity contribution is 7.80. The Balaban J connectivity index is 3.23. The predicted molar refractivity (Wildman–Crippen MR) is 50.5 cm³/mol. The maximum atomic E-state index is 5.05. The molecule has 0 aliphatic heterocycles. The molecule has 0 atom stereocenters. The van der Waals surface area contributed by atoms with E-state index in [1.807, 2.05) is 20.8 Å². The van der Waals surface area contributed by atoms with Gasteiger partial charge in [0.25, 0.3) is 0 Å². The lowest BCUT2D eigenvalue weighted by Gasteiger charge is -2.12. The Morgan fingerprint density at radius 2 is 2.18 bits per heavy atom. The van der Waals surface area contributed by atoms with Crippen LogP contribution in [0.1, 0.15) is 20.8 Å². The lowest BCUT2D eigenvalue weighted by Crippen LogP contribution is -2.40. The van der Waals surface area contributed by atoms with E-state index in [1.54, 1.807) is 0 Å². The third-order valence-electron chi connectivity index (χ3n) is 0.959. The highest BCUT2D eigenvalue weighted by Crippen LogP contribution is 1.76. The number of nitrogens with one attached hydrogen (secondary N) is 2. The number of hydrogen-bond donors (Lipinski definition) is 2. The van der Waals surface area contributed by atoms with E-state index in [0.717, 1.165) is 0 Å². The van der Waals surface area contributed by atoms with Gasteiger partial charge in [-0.3, -0.25) is 0 Å². The summed E-state index contributed by atoms with van der Waals surface area (Å²) in [5, 5.41) is 6.60. The molecule has 0 aliphatic rings. The van der Waals surface area contributed by atoms with Crippen molar-refractivity contribution in [1.29, 1.82) is 0 Å². The molecule has 0 fully saturated rings. The van der Waals surface area contributed by atoms with Gasteiger partial charge in [-0.15, -0.1) is 0 Å². The Morgan fingerprint density at radius 3 is 2.64 bits per heavy atom. The molecule has 0 rings (SSSR count). The molecule has 11 heavy (non-hydrogen) atoms. The third kappa shape index (κ3) is 7.55. The van der Waals surface area contributed by atoms with Gasteiger partial charge in [-0.25, -0.2) is 0 Å². The Labute approximate surface area is 73.5 Å². The molecule has 0 aliphatic carbocycles. The van der Waals surface area contributed by atoms with Crippen LogP contribution in [0.4, 0.5) is 0 Å². The normalized spacial score (nSPS) is 9.82. The van der Waals surface area contributed by atoms with Gasteiger partial charge in [-0.1, -0.05) is 0 Å². The van der Waals surface area contributed by atoms with Crippen LogP contribution in [0.5, 0.6) is 0 Å². The average molecular weight is 176 g/mol. The fraction of sp³-hybridized carbons (Fsp3) is 0.857. The van der Waals surface area contributed by atoms with Crippen LogP contribution in [0, 0.1) is 0 Å². The van der Waals surface area contributed by atoms with Crippen molar-refractivity contribution in [1.82, 2.24) is 10.6 Å². The zero-order valence-corrected chi connectivity index (χ0v) is 8.12. The summed E-state index contributed by atoms with van der Waals surface area (Å²) in [6, 6.07) is 0.372.